The predicted octanol–water partition coefficient (Wildman–Crippen LogP) is 4.56. The van der Waals surface area contributed by atoms with Gasteiger partial charge in [0.15, 0.2) is 5.82 Å². The van der Waals surface area contributed by atoms with Gasteiger partial charge < -0.3 is 9.42 Å². The minimum atomic E-state index is -0.660. The zero-order chi connectivity index (χ0) is 20.5. The molecule has 2 heterocycles. The van der Waals surface area contributed by atoms with Crippen molar-refractivity contribution in [1.29, 1.82) is 0 Å². The first kappa shape index (κ1) is 19.2. The summed E-state index contributed by atoms with van der Waals surface area (Å²) in [5.74, 6) is -1.85. The van der Waals surface area contributed by atoms with Crippen LogP contribution in [0.2, 0.25) is 0 Å². The van der Waals surface area contributed by atoms with E-state index in [1.807, 2.05) is 6.92 Å². The van der Waals surface area contributed by atoms with Gasteiger partial charge in [-0.25, -0.2) is 13.2 Å². The number of carbonyl (C=O) groups is 1. The van der Waals surface area contributed by atoms with Gasteiger partial charge in [0.05, 0.1) is 5.56 Å². The van der Waals surface area contributed by atoms with Gasteiger partial charge in [-0.15, -0.1) is 0 Å². The summed E-state index contributed by atoms with van der Waals surface area (Å²) in [7, 11) is 0. The first-order valence-corrected chi connectivity index (χ1v) is 9.28. The molecular formula is C21H18F3N3O2. The lowest BCUT2D eigenvalue weighted by molar-refractivity contribution is 0.0604. The summed E-state index contributed by atoms with van der Waals surface area (Å²) >= 11 is 0. The highest BCUT2D eigenvalue weighted by molar-refractivity contribution is 5.94. The molecule has 2 aromatic carbocycles. The summed E-state index contributed by atoms with van der Waals surface area (Å²) in [5.41, 5.74) is 0.293. The third-order valence-corrected chi connectivity index (χ3v) is 5.20. The first-order valence-electron chi connectivity index (χ1n) is 9.28. The Labute approximate surface area is 165 Å². The smallest absolute Gasteiger partial charge is 0.261 e. The number of amides is 1. The molecule has 5 nitrogen and oxygen atoms in total. The van der Waals surface area contributed by atoms with Crippen LogP contribution in [0.3, 0.4) is 0 Å². The van der Waals surface area contributed by atoms with E-state index in [2.05, 4.69) is 10.1 Å². The molecule has 0 N–H and O–H groups in total. The molecule has 4 rings (SSSR count). The summed E-state index contributed by atoms with van der Waals surface area (Å²) in [6.45, 7) is 2.30. The Kier molecular flexibility index (Phi) is 5.08. The van der Waals surface area contributed by atoms with E-state index >= 15 is 0 Å². The number of piperidine rings is 1. The lowest BCUT2D eigenvalue weighted by Gasteiger charge is -2.37. The minimum absolute atomic E-state index is 0.00385. The molecule has 0 aliphatic carbocycles. The third kappa shape index (κ3) is 3.87. The highest BCUT2D eigenvalue weighted by Crippen LogP contribution is 2.31. The number of likely N-dealkylation sites (tertiary alicyclic amines) is 1. The van der Waals surface area contributed by atoms with Gasteiger partial charge in [-0.05, 0) is 62.2 Å². The van der Waals surface area contributed by atoms with Crippen molar-refractivity contribution in [2.24, 2.45) is 0 Å². The van der Waals surface area contributed by atoms with Crippen molar-refractivity contribution in [2.45, 2.75) is 31.7 Å². The van der Waals surface area contributed by atoms with Crippen LogP contribution in [0, 0.1) is 17.5 Å². The number of aromatic nitrogens is 2. The third-order valence-electron chi connectivity index (χ3n) is 5.20. The summed E-state index contributed by atoms with van der Waals surface area (Å²) < 4.78 is 45.7. The average Bonchev–Trinajstić information content (AvgIpc) is 3.20. The Morgan fingerprint density at radius 1 is 1.07 bits per heavy atom. The monoisotopic (exact) mass is 401 g/mol. The van der Waals surface area contributed by atoms with E-state index in [9.17, 15) is 18.0 Å². The molecule has 1 aromatic heterocycles. The molecule has 0 radical (unpaired) electrons. The highest BCUT2D eigenvalue weighted by Gasteiger charge is 2.33. The molecule has 1 fully saturated rings. The Bertz CT molecular complexity index is 1040. The number of hydrogen-bond acceptors (Lipinski definition) is 4. The van der Waals surface area contributed by atoms with Crippen LogP contribution in [0.5, 0.6) is 0 Å². The van der Waals surface area contributed by atoms with Gasteiger partial charge in [0, 0.05) is 24.1 Å². The van der Waals surface area contributed by atoms with Gasteiger partial charge in [-0.1, -0.05) is 5.16 Å². The zero-order valence-corrected chi connectivity index (χ0v) is 15.6. The van der Waals surface area contributed by atoms with E-state index in [0.717, 1.165) is 31.0 Å². The number of benzene rings is 2. The van der Waals surface area contributed by atoms with Gasteiger partial charge in [-0.3, -0.25) is 4.79 Å². The molecule has 1 amide bonds. The topological polar surface area (TPSA) is 59.2 Å². The Balaban J connectivity index is 1.55. The second kappa shape index (κ2) is 7.69. The fourth-order valence-electron chi connectivity index (χ4n) is 3.53. The molecule has 0 saturated carbocycles. The number of carbonyl (C=O) groups excluding carboxylic acids is 1. The number of hydrogen-bond donors (Lipinski definition) is 0. The molecular weight excluding hydrogens is 383 g/mol. The Hall–Kier alpha value is -3.16. The summed E-state index contributed by atoms with van der Waals surface area (Å²) in [4.78, 5) is 18.8. The van der Waals surface area contributed by atoms with Crippen LogP contribution in [0.15, 0.2) is 47.0 Å². The van der Waals surface area contributed by atoms with E-state index in [4.69, 9.17) is 4.52 Å². The van der Waals surface area contributed by atoms with Crippen LogP contribution in [0.25, 0.3) is 11.5 Å². The molecule has 1 aliphatic heterocycles. The number of nitrogens with zero attached hydrogens (tertiary/aromatic N) is 3. The van der Waals surface area contributed by atoms with Crippen LogP contribution >= 0.6 is 0 Å². The molecule has 0 spiro atoms. The standard InChI is InChI=1S/C21H18F3N3O2/c1-12-2-3-14(11-27(12)21(28)13-4-6-15(22)7-5-13)19-25-20(29-26-19)17-10-16(23)8-9-18(17)24/h4-10,12,14H,2-3,11H2,1H3/t12-,14+/m1/s1. The highest BCUT2D eigenvalue weighted by atomic mass is 19.1. The minimum Gasteiger partial charge on any atom is -0.335 e. The van der Waals surface area contributed by atoms with Crippen molar-refractivity contribution in [3.05, 3.63) is 71.3 Å². The molecule has 0 bridgehead atoms. The van der Waals surface area contributed by atoms with E-state index in [-0.39, 0.29) is 29.3 Å². The van der Waals surface area contributed by atoms with Crippen molar-refractivity contribution < 1.29 is 22.5 Å². The summed E-state index contributed by atoms with van der Waals surface area (Å²) in [6.07, 6.45) is 1.44. The molecule has 0 unspecified atom stereocenters. The van der Waals surface area contributed by atoms with Crippen LogP contribution in [-0.2, 0) is 0 Å². The number of halogens is 3. The fraction of sp³-hybridized carbons (Fsp3) is 0.286. The summed E-state index contributed by atoms with van der Waals surface area (Å²) in [6, 6.07) is 8.41. The van der Waals surface area contributed by atoms with Crippen LogP contribution in [0.4, 0.5) is 13.2 Å². The zero-order valence-electron chi connectivity index (χ0n) is 15.6. The molecule has 1 saturated heterocycles. The average molecular weight is 401 g/mol. The maximum Gasteiger partial charge on any atom is 0.261 e. The van der Waals surface area contributed by atoms with Gasteiger partial charge >= 0.3 is 0 Å². The van der Waals surface area contributed by atoms with E-state index < -0.39 is 17.5 Å². The Morgan fingerprint density at radius 3 is 2.55 bits per heavy atom. The van der Waals surface area contributed by atoms with Crippen molar-refractivity contribution >= 4 is 5.91 Å². The molecule has 29 heavy (non-hydrogen) atoms. The van der Waals surface area contributed by atoms with Crippen molar-refractivity contribution in [3.63, 3.8) is 0 Å². The van der Waals surface area contributed by atoms with Crippen molar-refractivity contribution in [3.8, 4) is 11.5 Å². The van der Waals surface area contributed by atoms with E-state index in [1.54, 1.807) is 4.90 Å². The maximum atomic E-state index is 14.0. The number of rotatable bonds is 3. The van der Waals surface area contributed by atoms with Crippen molar-refractivity contribution in [1.82, 2.24) is 15.0 Å². The first-order chi connectivity index (χ1) is 13.9. The van der Waals surface area contributed by atoms with Crippen LogP contribution < -0.4 is 0 Å². The van der Waals surface area contributed by atoms with Gasteiger partial charge in [-0.2, -0.15) is 4.98 Å². The van der Waals surface area contributed by atoms with E-state index in [1.165, 1.54) is 24.3 Å². The van der Waals surface area contributed by atoms with Crippen LogP contribution in [0.1, 0.15) is 41.9 Å². The molecule has 2 atom stereocenters. The van der Waals surface area contributed by atoms with E-state index in [0.29, 0.717) is 17.9 Å². The molecule has 1 aliphatic rings. The maximum absolute atomic E-state index is 14.0. The quantitative estimate of drug-likeness (QED) is 0.646. The fourth-order valence-corrected chi connectivity index (χ4v) is 3.53. The largest absolute Gasteiger partial charge is 0.335 e. The lowest BCUT2D eigenvalue weighted by atomic mass is 9.92. The summed E-state index contributed by atoms with van der Waals surface area (Å²) in [5, 5.41) is 3.93. The van der Waals surface area contributed by atoms with Crippen molar-refractivity contribution in [2.75, 3.05) is 6.54 Å². The van der Waals surface area contributed by atoms with Gasteiger partial charge in [0.25, 0.3) is 11.8 Å². The van der Waals surface area contributed by atoms with Gasteiger partial charge in [0.1, 0.15) is 17.5 Å². The molecule has 150 valence electrons. The predicted molar refractivity (Wildman–Crippen MR) is 98.5 cm³/mol. The SMILES string of the molecule is C[C@@H]1CC[C@H](c2noc(-c3cc(F)ccc3F)n2)CN1C(=O)c1ccc(F)cc1. The van der Waals surface area contributed by atoms with Crippen LogP contribution in [-0.4, -0.2) is 33.5 Å². The van der Waals surface area contributed by atoms with Gasteiger partial charge in [0.2, 0.25) is 0 Å². The Morgan fingerprint density at radius 2 is 1.79 bits per heavy atom. The normalized spacial score (nSPS) is 19.4. The lowest BCUT2D eigenvalue weighted by Crippen LogP contribution is -2.45. The molecule has 3 aromatic rings. The second-order valence-electron chi connectivity index (χ2n) is 7.17. The second-order valence-corrected chi connectivity index (χ2v) is 7.17. The molecule has 8 heteroatoms.